The molecule has 1 saturated carbocycles. The van der Waals surface area contributed by atoms with E-state index in [9.17, 15) is 0 Å². The first kappa shape index (κ1) is 9.87. The number of benzene rings is 1. The van der Waals surface area contributed by atoms with Gasteiger partial charge in [0, 0.05) is 17.9 Å². The number of rotatable bonds is 2. The molecule has 0 radical (unpaired) electrons. The summed E-state index contributed by atoms with van der Waals surface area (Å²) in [5.74, 6) is 0. The van der Waals surface area contributed by atoms with E-state index in [-0.39, 0.29) is 5.54 Å². The molecule has 82 valence electrons. The molecule has 1 fully saturated rings. The first-order chi connectivity index (χ1) is 7.69. The molecule has 0 aliphatic heterocycles. The molecule has 1 aromatic carbocycles. The van der Waals surface area contributed by atoms with Gasteiger partial charge in [0.2, 0.25) is 0 Å². The predicted molar refractivity (Wildman–Crippen MR) is 63.7 cm³/mol. The normalized spacial score (nSPS) is 17.4. The average Bonchev–Trinajstić information content (AvgIpc) is 2.82. The Balaban J connectivity index is 2.04. The first-order valence-corrected chi connectivity index (χ1v) is 5.66. The molecule has 1 aliphatic carbocycles. The highest BCUT2D eigenvalue weighted by atomic mass is 35.5. The summed E-state index contributed by atoms with van der Waals surface area (Å²) in [6.07, 6.45) is 5.70. The Morgan fingerprint density at radius 2 is 2.19 bits per heavy atom. The molecular weight excluding hydrogens is 222 g/mol. The van der Waals surface area contributed by atoms with E-state index in [0.717, 1.165) is 24.1 Å². The van der Waals surface area contributed by atoms with Crippen LogP contribution in [-0.2, 0) is 5.54 Å². The lowest BCUT2D eigenvalue weighted by Crippen LogP contribution is -2.18. The molecule has 0 atom stereocenters. The highest BCUT2D eigenvalue weighted by Gasteiger charge is 2.40. The Morgan fingerprint density at radius 1 is 1.38 bits per heavy atom. The lowest BCUT2D eigenvalue weighted by atomic mass is 10.1. The molecule has 3 rings (SSSR count). The van der Waals surface area contributed by atoms with Crippen molar-refractivity contribution in [1.82, 2.24) is 9.78 Å². The Labute approximate surface area is 98.8 Å². The number of aromatic nitrogens is 2. The van der Waals surface area contributed by atoms with Gasteiger partial charge in [0.15, 0.2) is 0 Å². The highest BCUT2D eigenvalue weighted by Crippen LogP contribution is 2.43. The third-order valence-corrected chi connectivity index (χ3v) is 3.37. The van der Waals surface area contributed by atoms with Crippen LogP contribution in [0.1, 0.15) is 18.4 Å². The number of hydrogen-bond acceptors (Lipinski definition) is 2. The van der Waals surface area contributed by atoms with E-state index in [1.807, 2.05) is 30.5 Å². The molecule has 0 amide bonds. The second-order valence-electron chi connectivity index (χ2n) is 4.27. The Kier molecular flexibility index (Phi) is 2.06. The van der Waals surface area contributed by atoms with Crippen LogP contribution in [-0.4, -0.2) is 9.78 Å². The maximum atomic E-state index is 6.24. The summed E-state index contributed by atoms with van der Waals surface area (Å²) >= 11 is 6.24. The van der Waals surface area contributed by atoms with Gasteiger partial charge in [-0.05, 0) is 36.6 Å². The second kappa shape index (κ2) is 3.34. The maximum absolute atomic E-state index is 6.24. The van der Waals surface area contributed by atoms with Crippen molar-refractivity contribution < 1.29 is 0 Å². The van der Waals surface area contributed by atoms with Crippen LogP contribution in [0.15, 0.2) is 36.7 Å². The molecule has 4 heteroatoms. The zero-order valence-electron chi connectivity index (χ0n) is 8.73. The lowest BCUT2D eigenvalue weighted by molar-refractivity contribution is 0.739. The number of hydrogen-bond donors (Lipinski definition) is 1. The Hall–Kier alpha value is -1.32. The van der Waals surface area contributed by atoms with Crippen LogP contribution in [0.5, 0.6) is 0 Å². The fourth-order valence-electron chi connectivity index (χ4n) is 1.84. The van der Waals surface area contributed by atoms with Gasteiger partial charge in [0.25, 0.3) is 0 Å². The Bertz CT molecular complexity index is 515. The minimum Gasteiger partial charge on any atom is -0.321 e. The van der Waals surface area contributed by atoms with Crippen molar-refractivity contribution in [2.45, 2.75) is 18.4 Å². The second-order valence-corrected chi connectivity index (χ2v) is 4.68. The fourth-order valence-corrected chi connectivity index (χ4v) is 2.10. The van der Waals surface area contributed by atoms with Gasteiger partial charge in [0.05, 0.1) is 10.7 Å². The van der Waals surface area contributed by atoms with Crippen LogP contribution < -0.4 is 5.73 Å². The van der Waals surface area contributed by atoms with E-state index in [1.165, 1.54) is 0 Å². The van der Waals surface area contributed by atoms with E-state index in [1.54, 1.807) is 10.9 Å². The fraction of sp³-hybridized carbons (Fsp3) is 0.250. The molecule has 1 heterocycles. The zero-order valence-corrected chi connectivity index (χ0v) is 9.48. The number of halogens is 1. The van der Waals surface area contributed by atoms with E-state index in [2.05, 4.69) is 5.10 Å². The molecule has 3 nitrogen and oxygen atoms in total. The summed E-state index contributed by atoms with van der Waals surface area (Å²) < 4.78 is 1.75. The zero-order chi connectivity index (χ0) is 11.2. The predicted octanol–water partition coefficient (Wildman–Crippen LogP) is 2.47. The van der Waals surface area contributed by atoms with Crippen LogP contribution in [0.4, 0.5) is 0 Å². The number of nitrogens with two attached hydrogens (primary N) is 1. The Morgan fingerprint density at radius 3 is 2.75 bits per heavy atom. The standard InChI is InChI=1S/C12H12ClN3/c13-10-8-9(12(14)4-5-12)2-3-11(10)16-7-1-6-15-16/h1-3,6-8H,4-5,14H2. The first-order valence-electron chi connectivity index (χ1n) is 5.28. The maximum Gasteiger partial charge on any atom is 0.0831 e. The van der Waals surface area contributed by atoms with E-state index in [0.29, 0.717) is 5.02 Å². The van der Waals surface area contributed by atoms with Crippen molar-refractivity contribution in [3.8, 4) is 5.69 Å². The van der Waals surface area contributed by atoms with Gasteiger partial charge < -0.3 is 5.73 Å². The molecule has 2 aromatic rings. The molecule has 16 heavy (non-hydrogen) atoms. The van der Waals surface area contributed by atoms with Crippen LogP contribution in [0.25, 0.3) is 5.69 Å². The summed E-state index contributed by atoms with van der Waals surface area (Å²) in [6, 6.07) is 7.83. The summed E-state index contributed by atoms with van der Waals surface area (Å²) in [5.41, 5.74) is 8.00. The van der Waals surface area contributed by atoms with E-state index in [4.69, 9.17) is 17.3 Å². The molecule has 0 bridgehead atoms. The minimum atomic E-state index is -0.133. The highest BCUT2D eigenvalue weighted by molar-refractivity contribution is 6.32. The van der Waals surface area contributed by atoms with Crippen LogP contribution >= 0.6 is 11.6 Å². The van der Waals surface area contributed by atoms with E-state index < -0.39 is 0 Å². The third-order valence-electron chi connectivity index (χ3n) is 3.06. The molecule has 0 unspecified atom stereocenters. The largest absolute Gasteiger partial charge is 0.321 e. The minimum absolute atomic E-state index is 0.133. The smallest absolute Gasteiger partial charge is 0.0831 e. The van der Waals surface area contributed by atoms with Crippen LogP contribution in [0.3, 0.4) is 0 Å². The number of nitrogens with zero attached hydrogens (tertiary/aromatic N) is 2. The van der Waals surface area contributed by atoms with Crippen molar-refractivity contribution in [2.24, 2.45) is 5.73 Å². The third kappa shape index (κ3) is 1.52. The summed E-state index contributed by atoms with van der Waals surface area (Å²) in [4.78, 5) is 0. The van der Waals surface area contributed by atoms with E-state index >= 15 is 0 Å². The van der Waals surface area contributed by atoms with Crippen molar-refractivity contribution in [3.05, 3.63) is 47.2 Å². The quantitative estimate of drug-likeness (QED) is 0.866. The van der Waals surface area contributed by atoms with Gasteiger partial charge in [-0.2, -0.15) is 5.10 Å². The summed E-state index contributed by atoms with van der Waals surface area (Å²) in [7, 11) is 0. The molecule has 1 aliphatic rings. The van der Waals surface area contributed by atoms with Gasteiger partial charge in [-0.25, -0.2) is 4.68 Å². The summed E-state index contributed by atoms with van der Waals surface area (Å²) in [5, 5.41) is 4.85. The van der Waals surface area contributed by atoms with Crippen molar-refractivity contribution in [3.63, 3.8) is 0 Å². The van der Waals surface area contributed by atoms with Crippen molar-refractivity contribution in [2.75, 3.05) is 0 Å². The molecule has 0 saturated heterocycles. The van der Waals surface area contributed by atoms with Crippen LogP contribution in [0, 0.1) is 0 Å². The molecular formula is C12H12ClN3. The van der Waals surface area contributed by atoms with Gasteiger partial charge in [-0.15, -0.1) is 0 Å². The SMILES string of the molecule is NC1(c2ccc(-n3cccn3)c(Cl)c2)CC1. The van der Waals surface area contributed by atoms with Gasteiger partial charge >= 0.3 is 0 Å². The summed E-state index contributed by atoms with van der Waals surface area (Å²) in [6.45, 7) is 0. The average molecular weight is 234 g/mol. The molecule has 1 aromatic heterocycles. The molecule has 2 N–H and O–H groups in total. The topological polar surface area (TPSA) is 43.8 Å². The lowest BCUT2D eigenvalue weighted by Gasteiger charge is -2.11. The monoisotopic (exact) mass is 233 g/mol. The van der Waals surface area contributed by atoms with Crippen molar-refractivity contribution >= 4 is 11.6 Å². The van der Waals surface area contributed by atoms with Gasteiger partial charge in [0.1, 0.15) is 0 Å². The van der Waals surface area contributed by atoms with Gasteiger partial charge in [-0.1, -0.05) is 17.7 Å². The van der Waals surface area contributed by atoms with Crippen molar-refractivity contribution in [1.29, 1.82) is 0 Å². The van der Waals surface area contributed by atoms with Gasteiger partial charge in [-0.3, -0.25) is 0 Å². The molecule has 0 spiro atoms. The van der Waals surface area contributed by atoms with Crippen LogP contribution in [0.2, 0.25) is 5.02 Å².